The van der Waals surface area contributed by atoms with Crippen LogP contribution in [0.25, 0.3) is 0 Å². The summed E-state index contributed by atoms with van der Waals surface area (Å²) in [7, 11) is 2.26. The molecule has 0 amide bonds. The molecule has 0 aromatic rings. The fourth-order valence-electron chi connectivity index (χ4n) is 3.42. The van der Waals surface area contributed by atoms with E-state index in [0.29, 0.717) is 0 Å². The van der Waals surface area contributed by atoms with Crippen LogP contribution in [0.1, 0.15) is 38.5 Å². The van der Waals surface area contributed by atoms with Crippen LogP contribution in [0.2, 0.25) is 0 Å². The number of piperidine rings is 2. The van der Waals surface area contributed by atoms with Crippen molar-refractivity contribution in [2.45, 2.75) is 38.5 Å². The Hall–Kier alpha value is -0.120. The third-order valence-electron chi connectivity index (χ3n) is 4.58. The molecule has 2 fully saturated rings. The molecule has 2 aliphatic rings. The van der Waals surface area contributed by atoms with Gasteiger partial charge in [0, 0.05) is 6.54 Å². The molecule has 18 heavy (non-hydrogen) atoms. The molecule has 2 aliphatic heterocycles. The van der Waals surface area contributed by atoms with Gasteiger partial charge < -0.3 is 15.5 Å². The Bertz CT molecular complexity index is 214. The van der Waals surface area contributed by atoms with Crippen LogP contribution in [0.5, 0.6) is 0 Å². The molecule has 2 N–H and O–H groups in total. The van der Waals surface area contributed by atoms with Crippen LogP contribution < -0.4 is 10.6 Å². The van der Waals surface area contributed by atoms with E-state index >= 15 is 0 Å². The first-order chi connectivity index (χ1) is 8.84. The predicted molar refractivity (Wildman–Crippen MR) is 77.9 cm³/mol. The number of nitrogens with one attached hydrogen (secondary N) is 2. The smallest absolute Gasteiger partial charge is 0.000709 e. The van der Waals surface area contributed by atoms with E-state index < -0.39 is 0 Å². The highest BCUT2D eigenvalue weighted by atomic mass is 15.1. The zero-order valence-corrected chi connectivity index (χ0v) is 12.1. The predicted octanol–water partition coefficient (Wildman–Crippen LogP) is 1.70. The molecule has 0 aromatic heterocycles. The maximum atomic E-state index is 3.65. The van der Waals surface area contributed by atoms with Crippen LogP contribution in [0.3, 0.4) is 0 Å². The number of hydrogen-bond donors (Lipinski definition) is 2. The van der Waals surface area contributed by atoms with E-state index in [1.54, 1.807) is 0 Å². The van der Waals surface area contributed by atoms with Crippen LogP contribution >= 0.6 is 0 Å². The lowest BCUT2D eigenvalue weighted by atomic mass is 9.94. The van der Waals surface area contributed by atoms with Gasteiger partial charge in [-0.05, 0) is 90.1 Å². The van der Waals surface area contributed by atoms with Gasteiger partial charge in [0.05, 0.1) is 0 Å². The number of rotatable bonds is 6. The second-order valence-corrected chi connectivity index (χ2v) is 6.31. The monoisotopic (exact) mass is 253 g/mol. The Morgan fingerprint density at radius 2 is 1.89 bits per heavy atom. The maximum absolute atomic E-state index is 3.65. The summed E-state index contributed by atoms with van der Waals surface area (Å²) >= 11 is 0. The van der Waals surface area contributed by atoms with Crippen LogP contribution in [0, 0.1) is 11.8 Å². The summed E-state index contributed by atoms with van der Waals surface area (Å²) in [6.45, 7) is 7.54. The van der Waals surface area contributed by atoms with Crippen molar-refractivity contribution in [2.75, 3.05) is 46.3 Å². The van der Waals surface area contributed by atoms with E-state index in [9.17, 15) is 0 Å². The fraction of sp³-hybridized carbons (Fsp3) is 1.00. The number of nitrogens with zero attached hydrogens (tertiary/aromatic N) is 1. The molecule has 2 heterocycles. The minimum absolute atomic E-state index is 0.923. The largest absolute Gasteiger partial charge is 0.317 e. The van der Waals surface area contributed by atoms with Gasteiger partial charge in [0.1, 0.15) is 0 Å². The Balaban J connectivity index is 1.45. The van der Waals surface area contributed by atoms with E-state index in [1.807, 2.05) is 0 Å². The Morgan fingerprint density at radius 1 is 1.11 bits per heavy atom. The zero-order valence-electron chi connectivity index (χ0n) is 12.1. The first-order valence-corrected chi connectivity index (χ1v) is 7.94. The average molecular weight is 253 g/mol. The van der Waals surface area contributed by atoms with Gasteiger partial charge in [-0.25, -0.2) is 0 Å². The SMILES string of the molecule is CN1CCCC(CCNCCC2CCCNC2)C1. The van der Waals surface area contributed by atoms with E-state index in [2.05, 4.69) is 22.6 Å². The molecule has 2 saturated heterocycles. The summed E-state index contributed by atoms with van der Waals surface area (Å²) in [5.74, 6) is 1.86. The topological polar surface area (TPSA) is 27.3 Å². The molecule has 0 bridgehead atoms. The van der Waals surface area contributed by atoms with Gasteiger partial charge in [-0.2, -0.15) is 0 Å². The lowest BCUT2D eigenvalue weighted by Crippen LogP contribution is -2.34. The highest BCUT2D eigenvalue weighted by Crippen LogP contribution is 2.17. The molecule has 2 rings (SSSR count). The van der Waals surface area contributed by atoms with Crippen LogP contribution in [0.4, 0.5) is 0 Å². The number of hydrogen-bond acceptors (Lipinski definition) is 3. The highest BCUT2D eigenvalue weighted by molar-refractivity contribution is 4.72. The molecule has 0 saturated carbocycles. The molecule has 3 heteroatoms. The van der Waals surface area contributed by atoms with Crippen molar-refractivity contribution in [1.82, 2.24) is 15.5 Å². The summed E-state index contributed by atoms with van der Waals surface area (Å²) in [6.07, 6.45) is 8.37. The van der Waals surface area contributed by atoms with Crippen molar-refractivity contribution in [3.8, 4) is 0 Å². The van der Waals surface area contributed by atoms with Crippen molar-refractivity contribution < 1.29 is 0 Å². The first-order valence-electron chi connectivity index (χ1n) is 7.94. The maximum Gasteiger partial charge on any atom is 0.000709 e. The average Bonchev–Trinajstić information content (AvgIpc) is 2.40. The van der Waals surface area contributed by atoms with Gasteiger partial charge in [0.15, 0.2) is 0 Å². The van der Waals surface area contributed by atoms with Crippen molar-refractivity contribution in [1.29, 1.82) is 0 Å². The van der Waals surface area contributed by atoms with Gasteiger partial charge in [-0.15, -0.1) is 0 Å². The van der Waals surface area contributed by atoms with Crippen molar-refractivity contribution in [3.63, 3.8) is 0 Å². The second kappa shape index (κ2) is 8.13. The standard InChI is InChI=1S/C15H31N3/c1-18-11-3-5-15(13-18)7-10-16-9-6-14-4-2-8-17-12-14/h14-17H,2-13H2,1H3. The Labute approximate surface area is 113 Å². The highest BCUT2D eigenvalue weighted by Gasteiger charge is 2.16. The van der Waals surface area contributed by atoms with Crippen LogP contribution in [-0.4, -0.2) is 51.2 Å². The Kier molecular flexibility index (Phi) is 6.46. The van der Waals surface area contributed by atoms with Gasteiger partial charge in [0.2, 0.25) is 0 Å². The number of likely N-dealkylation sites (tertiary alicyclic amines) is 1. The molecular weight excluding hydrogens is 222 g/mol. The summed E-state index contributed by atoms with van der Waals surface area (Å²) in [6, 6.07) is 0. The molecule has 0 radical (unpaired) electrons. The van der Waals surface area contributed by atoms with E-state index in [-0.39, 0.29) is 0 Å². The summed E-state index contributed by atoms with van der Waals surface area (Å²) < 4.78 is 0. The molecule has 0 aromatic carbocycles. The summed E-state index contributed by atoms with van der Waals surface area (Å²) in [5.41, 5.74) is 0. The van der Waals surface area contributed by atoms with Crippen LogP contribution in [0.15, 0.2) is 0 Å². The lowest BCUT2D eigenvalue weighted by molar-refractivity contribution is 0.201. The minimum atomic E-state index is 0.923. The van der Waals surface area contributed by atoms with Crippen molar-refractivity contribution >= 4 is 0 Å². The third kappa shape index (κ3) is 5.25. The van der Waals surface area contributed by atoms with Crippen LogP contribution in [-0.2, 0) is 0 Å². The second-order valence-electron chi connectivity index (χ2n) is 6.31. The minimum Gasteiger partial charge on any atom is -0.317 e. The molecule has 2 unspecified atom stereocenters. The van der Waals surface area contributed by atoms with Gasteiger partial charge in [-0.1, -0.05) is 0 Å². The van der Waals surface area contributed by atoms with E-state index in [4.69, 9.17) is 0 Å². The fourth-order valence-corrected chi connectivity index (χ4v) is 3.42. The third-order valence-corrected chi connectivity index (χ3v) is 4.58. The zero-order chi connectivity index (χ0) is 12.6. The van der Waals surface area contributed by atoms with E-state index in [1.165, 1.54) is 77.8 Å². The first kappa shape index (κ1) is 14.3. The van der Waals surface area contributed by atoms with Crippen molar-refractivity contribution in [2.24, 2.45) is 11.8 Å². The molecular formula is C15H31N3. The molecule has 2 atom stereocenters. The van der Waals surface area contributed by atoms with Gasteiger partial charge in [-0.3, -0.25) is 0 Å². The van der Waals surface area contributed by atoms with E-state index in [0.717, 1.165) is 11.8 Å². The van der Waals surface area contributed by atoms with Gasteiger partial charge >= 0.3 is 0 Å². The summed E-state index contributed by atoms with van der Waals surface area (Å²) in [4.78, 5) is 2.49. The van der Waals surface area contributed by atoms with Gasteiger partial charge in [0.25, 0.3) is 0 Å². The normalized spacial score (nSPS) is 30.5. The Morgan fingerprint density at radius 3 is 2.61 bits per heavy atom. The summed E-state index contributed by atoms with van der Waals surface area (Å²) in [5, 5.41) is 7.15. The lowest BCUT2D eigenvalue weighted by Gasteiger charge is -2.29. The quantitative estimate of drug-likeness (QED) is 0.706. The van der Waals surface area contributed by atoms with Crippen molar-refractivity contribution in [3.05, 3.63) is 0 Å². The molecule has 0 spiro atoms. The molecule has 3 nitrogen and oxygen atoms in total. The molecule has 106 valence electrons. The molecule has 0 aliphatic carbocycles.